The summed E-state index contributed by atoms with van der Waals surface area (Å²) in [7, 11) is 0. The summed E-state index contributed by atoms with van der Waals surface area (Å²) in [5.74, 6) is 0. The Morgan fingerprint density at radius 3 is 1.50 bits per heavy atom. The monoisotopic (exact) mass is 529 g/mol. The van der Waals surface area contributed by atoms with Crippen molar-refractivity contribution in [3.63, 3.8) is 0 Å². The zero-order valence-electron chi connectivity index (χ0n) is 15.8. The van der Waals surface area contributed by atoms with Crippen molar-refractivity contribution >= 4 is 12.6 Å². The SMILES string of the molecule is Cc1ccc(S)c(-c2[c-]cccc2)c1.[Y].[Y].[c-]1ccccc1-c1[c-]cccc1. The zero-order chi connectivity index (χ0) is 18.2. The van der Waals surface area contributed by atoms with Crippen molar-refractivity contribution in [2.24, 2.45) is 0 Å². The van der Waals surface area contributed by atoms with E-state index in [1.807, 2.05) is 72.8 Å². The molecule has 0 saturated carbocycles. The van der Waals surface area contributed by atoms with Gasteiger partial charge in [0, 0.05) is 65.4 Å². The fraction of sp³-hybridized carbons (Fsp3) is 0.0400. The van der Waals surface area contributed by atoms with Crippen LogP contribution >= 0.6 is 12.6 Å². The van der Waals surface area contributed by atoms with Gasteiger partial charge in [-0.3, -0.25) is 0 Å². The van der Waals surface area contributed by atoms with Crippen LogP contribution in [0.15, 0.2) is 95.9 Å². The molecule has 4 aromatic rings. The second kappa shape index (κ2) is 13.6. The van der Waals surface area contributed by atoms with Crippen LogP contribution in [-0.4, -0.2) is 0 Å². The molecule has 0 bridgehead atoms. The van der Waals surface area contributed by atoms with E-state index in [0.29, 0.717) is 0 Å². The molecule has 4 aromatic carbocycles. The first kappa shape index (κ1) is 25.5. The summed E-state index contributed by atoms with van der Waals surface area (Å²) in [6.07, 6.45) is 0. The average molecular weight is 529 g/mol. The summed E-state index contributed by atoms with van der Waals surface area (Å²) in [5, 5.41) is 0. The summed E-state index contributed by atoms with van der Waals surface area (Å²) in [4.78, 5) is 0.998. The Morgan fingerprint density at radius 2 is 1.07 bits per heavy atom. The van der Waals surface area contributed by atoms with E-state index in [0.717, 1.165) is 27.1 Å². The molecular formula is C25H19SY2-3. The average Bonchev–Trinajstić information content (AvgIpc) is 2.72. The Morgan fingerprint density at radius 1 is 0.607 bits per heavy atom. The molecule has 0 fully saturated rings. The maximum Gasteiger partial charge on any atom is 0 e. The topological polar surface area (TPSA) is 0 Å². The van der Waals surface area contributed by atoms with Gasteiger partial charge in [-0.25, -0.2) is 11.1 Å². The van der Waals surface area contributed by atoms with Crippen LogP contribution < -0.4 is 0 Å². The first-order valence-electron chi connectivity index (χ1n) is 8.44. The molecule has 0 amide bonds. The molecular weight excluding hydrogens is 510 g/mol. The smallest absolute Gasteiger partial charge is 0 e. The van der Waals surface area contributed by atoms with Crippen molar-refractivity contribution in [3.8, 4) is 22.3 Å². The van der Waals surface area contributed by atoms with E-state index < -0.39 is 0 Å². The fourth-order valence-corrected chi connectivity index (χ4v) is 2.81. The molecule has 2 radical (unpaired) electrons. The predicted molar refractivity (Wildman–Crippen MR) is 112 cm³/mol. The van der Waals surface area contributed by atoms with E-state index in [1.165, 1.54) is 5.56 Å². The van der Waals surface area contributed by atoms with Gasteiger partial charge in [-0.2, -0.15) is 61.2 Å². The van der Waals surface area contributed by atoms with Crippen molar-refractivity contribution in [3.05, 3.63) is 115 Å². The Balaban J connectivity index is 0.000000264. The van der Waals surface area contributed by atoms with Crippen LogP contribution in [0.1, 0.15) is 5.56 Å². The molecule has 0 heterocycles. The van der Waals surface area contributed by atoms with Crippen molar-refractivity contribution in [2.75, 3.05) is 0 Å². The minimum atomic E-state index is 0. The van der Waals surface area contributed by atoms with Crippen molar-refractivity contribution in [1.29, 1.82) is 0 Å². The van der Waals surface area contributed by atoms with Gasteiger partial charge in [-0.15, -0.1) is 48.0 Å². The van der Waals surface area contributed by atoms with E-state index in [4.69, 9.17) is 0 Å². The Kier molecular flexibility index (Phi) is 12.4. The van der Waals surface area contributed by atoms with E-state index in [-0.39, 0.29) is 65.4 Å². The molecule has 0 aliphatic rings. The molecule has 0 aromatic heterocycles. The van der Waals surface area contributed by atoms with Gasteiger partial charge < -0.3 is 0 Å². The van der Waals surface area contributed by atoms with Gasteiger partial charge in [-0.1, -0.05) is 29.3 Å². The molecule has 134 valence electrons. The molecule has 0 N–H and O–H groups in total. The standard InChI is InChI=1S/C13H11S.C12H8.2Y/c1-10-7-8-13(14)12(9-10)11-5-3-2-4-6-11;1-3-7-11(8-4-1)12-9-5-2-6-10-12;;/h2-5,7-9,14H,1H3;1-7,9H;;/q-1;-2;;. The van der Waals surface area contributed by atoms with Gasteiger partial charge in [0.05, 0.1) is 0 Å². The van der Waals surface area contributed by atoms with Crippen LogP contribution in [-0.2, 0) is 65.4 Å². The van der Waals surface area contributed by atoms with E-state index >= 15 is 0 Å². The predicted octanol–water partition coefficient (Wildman–Crippen LogP) is 6.70. The number of rotatable bonds is 2. The molecule has 0 spiro atoms. The molecule has 3 heteroatoms. The molecule has 0 aliphatic heterocycles. The molecule has 0 unspecified atom stereocenters. The third-order valence-corrected chi connectivity index (χ3v) is 4.25. The molecule has 0 saturated heterocycles. The maximum absolute atomic E-state index is 4.44. The minimum Gasteiger partial charge on any atom is -0.226 e. The molecule has 0 aliphatic carbocycles. The first-order chi connectivity index (χ1) is 12.7. The van der Waals surface area contributed by atoms with Crippen LogP contribution in [0, 0.1) is 25.1 Å². The number of aryl methyl sites for hydroxylation is 1. The van der Waals surface area contributed by atoms with Crippen molar-refractivity contribution in [2.45, 2.75) is 11.8 Å². The summed E-state index contributed by atoms with van der Waals surface area (Å²) >= 11 is 4.44. The van der Waals surface area contributed by atoms with Crippen LogP contribution in [0.5, 0.6) is 0 Å². The number of thiol groups is 1. The van der Waals surface area contributed by atoms with E-state index in [1.54, 1.807) is 0 Å². The van der Waals surface area contributed by atoms with Gasteiger partial charge in [0.1, 0.15) is 0 Å². The number of benzene rings is 4. The van der Waals surface area contributed by atoms with Crippen LogP contribution in [0.25, 0.3) is 22.3 Å². The van der Waals surface area contributed by atoms with Gasteiger partial charge in [0.15, 0.2) is 0 Å². The molecule has 4 rings (SSSR count). The largest absolute Gasteiger partial charge is 0.226 e. The van der Waals surface area contributed by atoms with Crippen LogP contribution in [0.2, 0.25) is 0 Å². The van der Waals surface area contributed by atoms with Crippen LogP contribution in [0.3, 0.4) is 0 Å². The van der Waals surface area contributed by atoms with Gasteiger partial charge in [0.2, 0.25) is 0 Å². The summed E-state index contributed by atoms with van der Waals surface area (Å²) in [6.45, 7) is 2.08. The molecule has 28 heavy (non-hydrogen) atoms. The second-order valence-electron chi connectivity index (χ2n) is 5.85. The van der Waals surface area contributed by atoms with Gasteiger partial charge in [-0.05, 0) is 11.8 Å². The van der Waals surface area contributed by atoms with Gasteiger partial charge in [0.25, 0.3) is 0 Å². The Bertz CT molecular complexity index is 902. The van der Waals surface area contributed by atoms with E-state index in [2.05, 4.69) is 56.0 Å². The third-order valence-electron chi connectivity index (χ3n) is 3.86. The number of hydrogen-bond acceptors (Lipinski definition) is 1. The van der Waals surface area contributed by atoms with E-state index in [9.17, 15) is 0 Å². The zero-order valence-corrected chi connectivity index (χ0v) is 22.3. The third kappa shape index (κ3) is 7.69. The minimum absolute atomic E-state index is 0. The van der Waals surface area contributed by atoms with Crippen molar-refractivity contribution in [1.82, 2.24) is 0 Å². The normalized spacial score (nSPS) is 9.21. The van der Waals surface area contributed by atoms with Crippen molar-refractivity contribution < 1.29 is 65.4 Å². The maximum atomic E-state index is 4.44. The summed E-state index contributed by atoms with van der Waals surface area (Å²) in [5.41, 5.74) is 5.68. The summed E-state index contributed by atoms with van der Waals surface area (Å²) in [6, 6.07) is 39.5. The second-order valence-corrected chi connectivity index (χ2v) is 6.33. The first-order valence-corrected chi connectivity index (χ1v) is 8.89. The number of hydrogen-bond donors (Lipinski definition) is 1. The summed E-state index contributed by atoms with van der Waals surface area (Å²) < 4.78 is 0. The quantitative estimate of drug-likeness (QED) is 0.217. The fourth-order valence-electron chi connectivity index (χ4n) is 2.55. The molecule has 0 atom stereocenters. The van der Waals surface area contributed by atoms with Gasteiger partial charge >= 0.3 is 0 Å². The molecule has 0 nitrogen and oxygen atoms in total. The Labute approximate surface area is 224 Å². The Hall–Kier alpha value is -0.562. The van der Waals surface area contributed by atoms with Crippen LogP contribution in [0.4, 0.5) is 0 Å².